The molecule has 0 atom stereocenters. The predicted molar refractivity (Wildman–Crippen MR) is 94.5 cm³/mol. The number of hydrogen-bond donors (Lipinski definition) is 0. The molecule has 0 aliphatic carbocycles. The first-order chi connectivity index (χ1) is 11.6. The topological polar surface area (TPSA) is 40.8 Å². The third-order valence-electron chi connectivity index (χ3n) is 4.58. The van der Waals surface area contributed by atoms with Crippen molar-refractivity contribution in [2.75, 3.05) is 0 Å². The Hall–Kier alpha value is -3.12. The summed E-state index contributed by atoms with van der Waals surface area (Å²) < 4.78 is 8.25. The molecular weight excluding hydrogens is 296 g/mol. The molecule has 0 aliphatic heterocycles. The van der Waals surface area contributed by atoms with E-state index in [1.165, 1.54) is 5.56 Å². The summed E-state index contributed by atoms with van der Waals surface area (Å²) in [5, 5.41) is 11.5. The van der Waals surface area contributed by atoms with Crippen LogP contribution in [-0.4, -0.2) is 0 Å². The van der Waals surface area contributed by atoms with Crippen molar-refractivity contribution in [2.45, 2.75) is 13.8 Å². The Morgan fingerprint density at radius 2 is 1.83 bits per heavy atom. The van der Waals surface area contributed by atoms with Gasteiger partial charge in [-0.2, -0.15) is 5.26 Å². The molecule has 0 fully saturated rings. The van der Waals surface area contributed by atoms with Crippen LogP contribution in [0.25, 0.3) is 33.2 Å². The van der Waals surface area contributed by atoms with Crippen LogP contribution >= 0.6 is 0 Å². The number of hydrogen-bond acceptors (Lipinski definition) is 2. The van der Waals surface area contributed by atoms with E-state index in [1.807, 2.05) is 37.5 Å². The van der Waals surface area contributed by atoms with Crippen molar-refractivity contribution in [3.63, 3.8) is 0 Å². The molecule has 0 amide bonds. The molecule has 0 saturated carbocycles. The lowest BCUT2D eigenvalue weighted by atomic mass is 9.95. The molecule has 24 heavy (non-hydrogen) atoms. The lowest BCUT2D eigenvalue weighted by Crippen LogP contribution is -2.30. The van der Waals surface area contributed by atoms with E-state index in [0.29, 0.717) is 11.1 Å². The number of furan rings is 1. The van der Waals surface area contributed by atoms with Crippen LogP contribution in [0, 0.1) is 25.2 Å². The van der Waals surface area contributed by atoms with Gasteiger partial charge in [-0.1, -0.05) is 18.2 Å². The van der Waals surface area contributed by atoms with Crippen LogP contribution in [0.2, 0.25) is 0 Å². The molecule has 0 N–H and O–H groups in total. The standard InChI is InChI=1S/C21H17N2O/c1-13-11-14(2)20-19(18(13)17-9-4-5-10-23(17)3)16-8-6-7-15(12-22)21(16)24-20/h4-11H,1-3H3/q+1. The van der Waals surface area contributed by atoms with Crippen LogP contribution in [0.1, 0.15) is 16.7 Å². The molecule has 116 valence electrons. The number of pyridine rings is 1. The van der Waals surface area contributed by atoms with Crippen LogP contribution in [0.15, 0.2) is 53.1 Å². The number of nitrogens with zero attached hydrogens (tertiary/aromatic N) is 2. The van der Waals surface area contributed by atoms with E-state index in [-0.39, 0.29) is 0 Å². The maximum absolute atomic E-state index is 9.40. The van der Waals surface area contributed by atoms with Gasteiger partial charge >= 0.3 is 0 Å². The fraction of sp³-hybridized carbons (Fsp3) is 0.143. The highest BCUT2D eigenvalue weighted by Gasteiger charge is 2.22. The first kappa shape index (κ1) is 14.5. The molecule has 3 heteroatoms. The highest BCUT2D eigenvalue weighted by molar-refractivity contribution is 6.14. The second-order valence-corrected chi connectivity index (χ2v) is 6.18. The van der Waals surface area contributed by atoms with E-state index in [1.54, 1.807) is 6.07 Å². The van der Waals surface area contributed by atoms with Gasteiger partial charge in [-0.3, -0.25) is 0 Å². The molecule has 2 heterocycles. The number of aromatic nitrogens is 1. The Bertz CT molecular complexity index is 1150. The zero-order chi connectivity index (χ0) is 16.8. The quantitative estimate of drug-likeness (QED) is 0.483. The van der Waals surface area contributed by atoms with Gasteiger partial charge in [0.2, 0.25) is 5.69 Å². The summed E-state index contributed by atoms with van der Waals surface area (Å²) in [7, 11) is 2.05. The smallest absolute Gasteiger partial charge is 0.213 e. The molecule has 0 unspecified atom stereocenters. The molecule has 0 aliphatic rings. The maximum atomic E-state index is 9.40. The number of nitriles is 1. The summed E-state index contributed by atoms with van der Waals surface area (Å²) in [6.45, 7) is 4.18. The van der Waals surface area contributed by atoms with E-state index in [2.05, 4.69) is 36.6 Å². The SMILES string of the molecule is Cc1cc(C)c2oc3c(C#N)cccc3c2c1-c1cccc[n+]1C. The highest BCUT2D eigenvalue weighted by Crippen LogP contribution is 2.40. The van der Waals surface area contributed by atoms with Crippen molar-refractivity contribution in [1.82, 2.24) is 0 Å². The zero-order valence-electron chi connectivity index (χ0n) is 13.9. The summed E-state index contributed by atoms with van der Waals surface area (Å²) in [5.41, 5.74) is 6.68. The van der Waals surface area contributed by atoms with Gasteiger partial charge in [0.15, 0.2) is 11.8 Å². The largest absolute Gasteiger partial charge is 0.454 e. The van der Waals surface area contributed by atoms with Crippen LogP contribution in [-0.2, 0) is 7.05 Å². The summed E-state index contributed by atoms with van der Waals surface area (Å²) in [5.74, 6) is 0. The molecule has 3 nitrogen and oxygen atoms in total. The first-order valence-corrected chi connectivity index (χ1v) is 7.92. The Labute approximate surface area is 140 Å². The van der Waals surface area contributed by atoms with Crippen LogP contribution in [0.4, 0.5) is 0 Å². The van der Waals surface area contributed by atoms with Crippen molar-refractivity contribution in [2.24, 2.45) is 7.05 Å². The molecule has 4 rings (SSSR count). The highest BCUT2D eigenvalue weighted by atomic mass is 16.3. The van der Waals surface area contributed by atoms with Crippen molar-refractivity contribution >= 4 is 21.9 Å². The number of rotatable bonds is 1. The van der Waals surface area contributed by atoms with Crippen molar-refractivity contribution < 1.29 is 8.98 Å². The summed E-state index contributed by atoms with van der Waals surface area (Å²) in [6, 6.07) is 16.3. The Balaban J connectivity index is 2.27. The minimum absolute atomic E-state index is 0.573. The molecule has 4 aromatic rings. The van der Waals surface area contributed by atoms with Crippen molar-refractivity contribution in [1.29, 1.82) is 5.26 Å². The fourth-order valence-electron chi connectivity index (χ4n) is 3.51. The van der Waals surface area contributed by atoms with Gasteiger partial charge in [0.25, 0.3) is 0 Å². The Morgan fingerprint density at radius 1 is 1.00 bits per heavy atom. The average molecular weight is 313 g/mol. The van der Waals surface area contributed by atoms with Crippen LogP contribution < -0.4 is 4.57 Å². The molecule has 0 bridgehead atoms. The summed E-state index contributed by atoms with van der Waals surface area (Å²) >= 11 is 0. The van der Waals surface area contributed by atoms with Gasteiger partial charge in [0, 0.05) is 22.9 Å². The third-order valence-corrected chi connectivity index (χ3v) is 4.58. The number of benzene rings is 2. The number of fused-ring (bicyclic) bond motifs is 3. The van der Waals surface area contributed by atoms with E-state index < -0.39 is 0 Å². The first-order valence-electron chi connectivity index (χ1n) is 7.92. The van der Waals surface area contributed by atoms with E-state index in [9.17, 15) is 5.26 Å². The monoisotopic (exact) mass is 313 g/mol. The summed E-state index contributed by atoms with van der Waals surface area (Å²) in [6.07, 6.45) is 2.05. The summed E-state index contributed by atoms with van der Waals surface area (Å²) in [4.78, 5) is 0. The lowest BCUT2D eigenvalue weighted by molar-refractivity contribution is -0.660. The van der Waals surface area contributed by atoms with Crippen LogP contribution in [0.5, 0.6) is 0 Å². The molecule has 0 saturated heterocycles. The van der Waals surface area contributed by atoms with Gasteiger partial charge in [-0.15, -0.1) is 0 Å². The molecule has 0 spiro atoms. The third kappa shape index (κ3) is 1.93. The fourth-order valence-corrected chi connectivity index (χ4v) is 3.51. The van der Waals surface area contributed by atoms with Crippen molar-refractivity contribution in [3.8, 4) is 17.3 Å². The average Bonchev–Trinajstić information content (AvgIpc) is 2.96. The van der Waals surface area contributed by atoms with Gasteiger partial charge in [0.05, 0.1) is 11.1 Å². The van der Waals surface area contributed by atoms with Gasteiger partial charge < -0.3 is 4.42 Å². The molecule has 2 aromatic heterocycles. The minimum Gasteiger partial charge on any atom is -0.454 e. The predicted octanol–water partition coefficient (Wildman–Crippen LogP) is 4.57. The van der Waals surface area contributed by atoms with Crippen molar-refractivity contribution in [3.05, 3.63) is 65.4 Å². The normalized spacial score (nSPS) is 11.1. The number of para-hydroxylation sites is 1. The Kier molecular flexibility index (Phi) is 3.14. The van der Waals surface area contributed by atoms with E-state index in [0.717, 1.165) is 33.2 Å². The molecule has 0 radical (unpaired) electrons. The second-order valence-electron chi connectivity index (χ2n) is 6.18. The maximum Gasteiger partial charge on any atom is 0.213 e. The van der Waals surface area contributed by atoms with E-state index >= 15 is 0 Å². The van der Waals surface area contributed by atoms with Gasteiger partial charge in [-0.05, 0) is 37.1 Å². The minimum atomic E-state index is 0.573. The van der Waals surface area contributed by atoms with Gasteiger partial charge in [-0.25, -0.2) is 4.57 Å². The Morgan fingerprint density at radius 3 is 2.58 bits per heavy atom. The number of aryl methyl sites for hydroxylation is 3. The lowest BCUT2D eigenvalue weighted by Gasteiger charge is -2.08. The molecular formula is C21H17N2O+. The van der Waals surface area contributed by atoms with E-state index in [4.69, 9.17) is 4.42 Å². The van der Waals surface area contributed by atoms with Gasteiger partial charge in [0.1, 0.15) is 18.7 Å². The van der Waals surface area contributed by atoms with Crippen LogP contribution in [0.3, 0.4) is 0 Å². The second kappa shape index (κ2) is 5.21. The zero-order valence-corrected chi connectivity index (χ0v) is 13.9. The molecule has 2 aromatic carbocycles.